The second-order valence-electron chi connectivity index (χ2n) is 2.53. The van der Waals surface area contributed by atoms with Gasteiger partial charge in [0.1, 0.15) is 0 Å². The van der Waals surface area contributed by atoms with Gasteiger partial charge >= 0.3 is 23.7 Å². The van der Waals surface area contributed by atoms with Gasteiger partial charge in [0.2, 0.25) is 0 Å². The summed E-state index contributed by atoms with van der Waals surface area (Å²) >= 11 is 0.674. The first-order valence-corrected chi connectivity index (χ1v) is 4.53. The quantitative estimate of drug-likeness (QED) is 0.596. The van der Waals surface area contributed by atoms with E-state index in [1.54, 1.807) is 0 Å². The molecule has 0 aliphatic carbocycles. The van der Waals surface area contributed by atoms with Crippen molar-refractivity contribution in [2.24, 2.45) is 0 Å². The fraction of sp³-hybridized carbons (Fsp3) is 0.143. The van der Waals surface area contributed by atoms with Crippen molar-refractivity contribution in [3.63, 3.8) is 0 Å². The molecule has 2 N–H and O–H groups in total. The Morgan fingerprint density at radius 3 is 2.25 bits per heavy atom. The van der Waals surface area contributed by atoms with Crippen molar-refractivity contribution in [3.8, 4) is 5.75 Å². The number of hydrogen-bond acceptors (Lipinski definition) is 3. The Labute approximate surface area is 79.9 Å². The van der Waals surface area contributed by atoms with Crippen molar-refractivity contribution in [3.05, 3.63) is 29.8 Å². The van der Waals surface area contributed by atoms with Crippen LogP contribution in [0.1, 0.15) is 5.56 Å². The van der Waals surface area contributed by atoms with Crippen LogP contribution >= 0.6 is 0 Å². The molecule has 1 rings (SSSR count). The third-order valence-electron chi connectivity index (χ3n) is 1.58. The summed E-state index contributed by atoms with van der Waals surface area (Å²) in [6, 6.07) is 7.30. The molecule has 5 heteroatoms. The Kier molecular flexibility index (Phi) is 3.64. The molecule has 0 atom stereocenters. The molecule has 62 valence electrons. The molecule has 1 aromatic carbocycles. The van der Waals surface area contributed by atoms with Crippen LogP contribution in [0.25, 0.3) is 0 Å². The second-order valence-corrected chi connectivity index (χ2v) is 2.94. The number of benzene rings is 1. The van der Waals surface area contributed by atoms with Gasteiger partial charge in [-0.15, -0.1) is 0 Å². The fourth-order valence-electron chi connectivity index (χ4n) is 0.972. The SMILES string of the molecule is OB(O)Cc1ccc([O][AlH2])cc1. The molecule has 0 fully saturated rings. The minimum Gasteiger partial charge on any atom is -0.647 e. The van der Waals surface area contributed by atoms with Gasteiger partial charge in [-0.2, -0.15) is 0 Å². The summed E-state index contributed by atoms with van der Waals surface area (Å²) in [7, 11) is -1.27. The van der Waals surface area contributed by atoms with E-state index in [-0.39, 0.29) is 6.32 Å². The van der Waals surface area contributed by atoms with E-state index < -0.39 is 7.12 Å². The van der Waals surface area contributed by atoms with Gasteiger partial charge < -0.3 is 13.8 Å². The van der Waals surface area contributed by atoms with Crippen molar-refractivity contribution < 1.29 is 13.8 Å². The van der Waals surface area contributed by atoms with E-state index in [2.05, 4.69) is 0 Å². The highest BCUT2D eigenvalue weighted by Gasteiger charge is 2.06. The molecule has 0 aliphatic heterocycles. The first kappa shape index (κ1) is 9.62. The van der Waals surface area contributed by atoms with Crippen LogP contribution < -0.4 is 3.79 Å². The lowest BCUT2D eigenvalue weighted by molar-refractivity contribution is 0.405. The lowest BCUT2D eigenvalue weighted by Crippen LogP contribution is -2.14. The monoisotopic (exact) mass is 180 g/mol. The number of hydrogen-bond donors (Lipinski definition) is 2. The van der Waals surface area contributed by atoms with Crippen LogP contribution in [-0.2, 0) is 6.32 Å². The predicted octanol–water partition coefficient (Wildman–Crippen LogP) is -0.832. The minimum absolute atomic E-state index is 0.265. The Bertz CT molecular complexity index is 237. The molecule has 12 heavy (non-hydrogen) atoms. The summed E-state index contributed by atoms with van der Waals surface area (Å²) in [5.74, 6) is 0.831. The highest BCUT2D eigenvalue weighted by atomic mass is 27.1. The molecule has 0 saturated heterocycles. The Balaban J connectivity index is 2.65. The van der Waals surface area contributed by atoms with Crippen LogP contribution in [0.4, 0.5) is 0 Å². The fourth-order valence-corrected chi connectivity index (χ4v) is 1.24. The van der Waals surface area contributed by atoms with E-state index in [0.29, 0.717) is 16.6 Å². The summed E-state index contributed by atoms with van der Waals surface area (Å²) < 4.78 is 5.09. The number of rotatable bonds is 3. The van der Waals surface area contributed by atoms with Gasteiger partial charge in [-0.3, -0.25) is 0 Å². The summed E-state index contributed by atoms with van der Waals surface area (Å²) in [5.41, 5.74) is 0.896. The van der Waals surface area contributed by atoms with E-state index >= 15 is 0 Å². The van der Waals surface area contributed by atoms with Crippen LogP contribution in [0, 0.1) is 0 Å². The van der Waals surface area contributed by atoms with Gasteiger partial charge in [-0.05, 0) is 17.7 Å². The van der Waals surface area contributed by atoms with Crippen LogP contribution in [0.2, 0.25) is 0 Å². The van der Waals surface area contributed by atoms with Gasteiger partial charge in [0, 0.05) is 6.32 Å². The third kappa shape index (κ3) is 2.88. The minimum atomic E-state index is -1.27. The third-order valence-corrected chi connectivity index (χ3v) is 2.05. The first-order valence-electron chi connectivity index (χ1n) is 3.71. The molecule has 0 radical (unpaired) electrons. The first-order chi connectivity index (χ1) is 5.72. The summed E-state index contributed by atoms with van der Waals surface area (Å²) in [4.78, 5) is 0. The molecule has 0 aliphatic rings. The van der Waals surface area contributed by atoms with Crippen molar-refractivity contribution in [1.29, 1.82) is 0 Å². The smallest absolute Gasteiger partial charge is 0.496 e. The van der Waals surface area contributed by atoms with Crippen LogP contribution in [0.5, 0.6) is 5.75 Å². The van der Waals surface area contributed by atoms with E-state index in [0.717, 1.165) is 11.3 Å². The van der Waals surface area contributed by atoms with Gasteiger partial charge in [0.05, 0.1) is 5.75 Å². The summed E-state index contributed by atoms with van der Waals surface area (Å²) in [6.07, 6.45) is 0.265. The summed E-state index contributed by atoms with van der Waals surface area (Å²) in [5, 5.41) is 17.3. The standard InChI is InChI=1S/C7H9BO3.Al.2H/c9-7-3-1-6(2-4-7)5-8(10)11;;;/h1-4,9-11H,5H2;;;/q;+1;;/p-1. The zero-order valence-corrected chi connectivity index (χ0v) is 8.90. The van der Waals surface area contributed by atoms with Crippen molar-refractivity contribution in [1.82, 2.24) is 0 Å². The highest BCUT2D eigenvalue weighted by Crippen LogP contribution is 2.11. The molecule has 0 saturated carbocycles. The molecule has 0 unspecified atom stereocenters. The maximum Gasteiger partial charge on any atom is 0.496 e. The van der Waals surface area contributed by atoms with Crippen LogP contribution in [0.3, 0.4) is 0 Å². The van der Waals surface area contributed by atoms with Crippen molar-refractivity contribution in [2.75, 3.05) is 0 Å². The molecule has 1 aromatic rings. The van der Waals surface area contributed by atoms with E-state index in [9.17, 15) is 0 Å². The zero-order chi connectivity index (χ0) is 8.97. The highest BCUT2D eigenvalue weighted by molar-refractivity contribution is 6.40. The van der Waals surface area contributed by atoms with E-state index in [1.165, 1.54) is 0 Å². The van der Waals surface area contributed by atoms with Gasteiger partial charge in [-0.1, -0.05) is 12.1 Å². The van der Waals surface area contributed by atoms with E-state index in [1.807, 2.05) is 24.3 Å². The predicted molar refractivity (Wildman–Crippen MR) is 49.5 cm³/mol. The molecular weight excluding hydrogens is 170 g/mol. The molecule has 3 nitrogen and oxygen atoms in total. The maximum absolute atomic E-state index is 8.66. The molecule has 0 aromatic heterocycles. The zero-order valence-electron chi connectivity index (χ0n) is 6.90. The Morgan fingerprint density at radius 1 is 1.25 bits per heavy atom. The average Bonchev–Trinajstić information content (AvgIpc) is 2.05. The van der Waals surface area contributed by atoms with Gasteiger partial charge in [0.15, 0.2) is 0 Å². The lowest BCUT2D eigenvalue weighted by atomic mass is 9.82. The van der Waals surface area contributed by atoms with Crippen molar-refractivity contribution in [2.45, 2.75) is 6.32 Å². The van der Waals surface area contributed by atoms with Crippen molar-refractivity contribution >= 4 is 23.7 Å². The molecule has 0 heterocycles. The molecular formula is C7H10AlBO3. The molecule has 0 bridgehead atoms. The maximum atomic E-state index is 8.66. The average molecular weight is 180 g/mol. The normalized spacial score (nSPS) is 9.50. The van der Waals surface area contributed by atoms with Gasteiger partial charge in [0.25, 0.3) is 0 Å². The largest absolute Gasteiger partial charge is 0.647 e. The Morgan fingerprint density at radius 2 is 1.83 bits per heavy atom. The van der Waals surface area contributed by atoms with Crippen LogP contribution in [-0.4, -0.2) is 33.8 Å². The second kappa shape index (κ2) is 4.54. The van der Waals surface area contributed by atoms with Gasteiger partial charge in [-0.25, -0.2) is 0 Å². The molecule has 0 spiro atoms. The Hall–Kier alpha value is -0.463. The lowest BCUT2D eigenvalue weighted by Gasteiger charge is -2.03. The topological polar surface area (TPSA) is 49.7 Å². The summed E-state index contributed by atoms with van der Waals surface area (Å²) in [6.45, 7) is 0. The molecule has 0 amide bonds. The van der Waals surface area contributed by atoms with Crippen LogP contribution in [0.15, 0.2) is 24.3 Å². The van der Waals surface area contributed by atoms with E-state index in [4.69, 9.17) is 13.8 Å².